The van der Waals surface area contributed by atoms with Crippen molar-refractivity contribution in [2.75, 3.05) is 7.11 Å². The number of halogens is 2. The molecule has 0 unspecified atom stereocenters. The summed E-state index contributed by atoms with van der Waals surface area (Å²) in [6, 6.07) is 10.4. The molecular weight excluding hydrogens is 368 g/mol. The van der Waals surface area contributed by atoms with Gasteiger partial charge < -0.3 is 4.74 Å². The second-order valence-electron chi connectivity index (χ2n) is 4.83. The van der Waals surface area contributed by atoms with Crippen LogP contribution >= 0.6 is 27.5 Å². The molecule has 114 valence electrons. The van der Waals surface area contributed by atoms with E-state index >= 15 is 0 Å². The van der Waals surface area contributed by atoms with Crippen molar-refractivity contribution < 1.29 is 14.3 Å². The molecule has 0 aromatic heterocycles. The molecule has 22 heavy (non-hydrogen) atoms. The van der Waals surface area contributed by atoms with Crippen molar-refractivity contribution in [2.24, 2.45) is 0 Å². The van der Waals surface area contributed by atoms with Crippen LogP contribution in [-0.4, -0.2) is 18.9 Å². The summed E-state index contributed by atoms with van der Waals surface area (Å²) in [7, 11) is 1.33. The van der Waals surface area contributed by atoms with Gasteiger partial charge in [0.2, 0.25) is 0 Å². The Labute approximate surface area is 142 Å². The maximum Gasteiger partial charge on any atom is 0.337 e. The van der Waals surface area contributed by atoms with Crippen molar-refractivity contribution in [1.29, 1.82) is 0 Å². The standard InChI is InChI=1S/C17H14BrClO3/c1-10-4-3-5-14(19)16(10)15(20)9-11-6-7-12(8-13(11)18)17(21)22-2/h3-8H,9H2,1-2H3. The third kappa shape index (κ3) is 3.57. The van der Waals surface area contributed by atoms with Crippen LogP contribution in [0.15, 0.2) is 40.9 Å². The van der Waals surface area contributed by atoms with Gasteiger partial charge in [-0.15, -0.1) is 0 Å². The summed E-state index contributed by atoms with van der Waals surface area (Å²) in [4.78, 5) is 24.0. The van der Waals surface area contributed by atoms with E-state index in [1.54, 1.807) is 24.3 Å². The number of ketones is 1. The minimum absolute atomic E-state index is 0.0605. The molecule has 2 aromatic carbocycles. The first-order chi connectivity index (χ1) is 10.4. The lowest BCUT2D eigenvalue weighted by Gasteiger charge is -2.09. The van der Waals surface area contributed by atoms with E-state index in [9.17, 15) is 9.59 Å². The number of hydrogen-bond acceptors (Lipinski definition) is 3. The third-order valence-corrected chi connectivity index (χ3v) is 4.38. The summed E-state index contributed by atoms with van der Waals surface area (Å²) < 4.78 is 5.36. The van der Waals surface area contributed by atoms with Crippen LogP contribution in [0.4, 0.5) is 0 Å². The van der Waals surface area contributed by atoms with Crippen LogP contribution in [0.25, 0.3) is 0 Å². The van der Waals surface area contributed by atoms with Crippen LogP contribution in [0.5, 0.6) is 0 Å². The monoisotopic (exact) mass is 380 g/mol. The molecule has 0 fully saturated rings. The lowest BCUT2D eigenvalue weighted by Crippen LogP contribution is -2.08. The van der Waals surface area contributed by atoms with Crippen LogP contribution in [0.2, 0.25) is 5.02 Å². The number of carbonyl (C=O) groups is 2. The van der Waals surface area contributed by atoms with Crippen molar-refractivity contribution in [3.63, 3.8) is 0 Å². The predicted molar refractivity (Wildman–Crippen MR) is 89.7 cm³/mol. The molecular formula is C17H14BrClO3. The van der Waals surface area contributed by atoms with Crippen LogP contribution in [0, 0.1) is 6.92 Å². The number of benzene rings is 2. The van der Waals surface area contributed by atoms with E-state index in [1.165, 1.54) is 7.11 Å². The van der Waals surface area contributed by atoms with Gasteiger partial charge in [0.05, 0.1) is 17.7 Å². The molecule has 0 aliphatic carbocycles. The molecule has 0 saturated carbocycles. The van der Waals surface area contributed by atoms with E-state index in [2.05, 4.69) is 20.7 Å². The molecule has 0 amide bonds. The van der Waals surface area contributed by atoms with Crippen molar-refractivity contribution in [3.8, 4) is 0 Å². The summed E-state index contributed by atoms with van der Waals surface area (Å²) in [5.74, 6) is -0.477. The summed E-state index contributed by atoms with van der Waals surface area (Å²) >= 11 is 9.51. The number of hydrogen-bond donors (Lipinski definition) is 0. The molecule has 0 radical (unpaired) electrons. The normalized spacial score (nSPS) is 10.4. The first-order valence-corrected chi connectivity index (χ1v) is 7.76. The zero-order chi connectivity index (χ0) is 16.3. The Morgan fingerprint density at radius 3 is 2.55 bits per heavy atom. The van der Waals surface area contributed by atoms with E-state index in [0.717, 1.165) is 11.1 Å². The highest BCUT2D eigenvalue weighted by atomic mass is 79.9. The smallest absolute Gasteiger partial charge is 0.337 e. The van der Waals surface area contributed by atoms with Crippen LogP contribution in [0.3, 0.4) is 0 Å². The fourth-order valence-electron chi connectivity index (χ4n) is 2.18. The van der Waals surface area contributed by atoms with Crippen LogP contribution in [-0.2, 0) is 11.2 Å². The van der Waals surface area contributed by atoms with Gasteiger partial charge in [-0.2, -0.15) is 0 Å². The Morgan fingerprint density at radius 2 is 1.95 bits per heavy atom. The van der Waals surface area contributed by atoms with Crippen molar-refractivity contribution >= 4 is 39.3 Å². The molecule has 2 aromatic rings. The Morgan fingerprint density at radius 1 is 1.23 bits per heavy atom. The minimum Gasteiger partial charge on any atom is -0.465 e. The topological polar surface area (TPSA) is 43.4 Å². The van der Waals surface area contributed by atoms with Crippen LogP contribution in [0.1, 0.15) is 31.8 Å². The number of methoxy groups -OCH3 is 1. The first-order valence-electron chi connectivity index (χ1n) is 6.59. The first kappa shape index (κ1) is 16.7. The van der Waals surface area contributed by atoms with Gasteiger partial charge in [0.15, 0.2) is 5.78 Å². The molecule has 3 nitrogen and oxygen atoms in total. The minimum atomic E-state index is -0.416. The Balaban J connectivity index is 2.28. The average Bonchev–Trinajstić information content (AvgIpc) is 2.48. The van der Waals surface area contributed by atoms with Crippen LogP contribution < -0.4 is 0 Å². The van der Waals surface area contributed by atoms with Gasteiger partial charge >= 0.3 is 5.97 Å². The molecule has 0 spiro atoms. The van der Waals surface area contributed by atoms with Gasteiger partial charge in [-0.05, 0) is 36.2 Å². The van der Waals surface area contributed by atoms with Gasteiger partial charge in [0.25, 0.3) is 0 Å². The van der Waals surface area contributed by atoms with E-state index in [0.29, 0.717) is 20.6 Å². The average molecular weight is 382 g/mol. The highest BCUT2D eigenvalue weighted by molar-refractivity contribution is 9.10. The number of ether oxygens (including phenoxy) is 1. The number of rotatable bonds is 4. The quantitative estimate of drug-likeness (QED) is 0.573. The van der Waals surface area contributed by atoms with E-state index in [4.69, 9.17) is 11.6 Å². The second-order valence-corrected chi connectivity index (χ2v) is 6.09. The number of Topliss-reactive ketones (excluding diaryl/α,β-unsaturated/α-hetero) is 1. The third-order valence-electron chi connectivity index (χ3n) is 3.33. The second kappa shape index (κ2) is 7.07. The summed E-state index contributed by atoms with van der Waals surface area (Å²) in [5.41, 5.74) is 2.60. The summed E-state index contributed by atoms with van der Waals surface area (Å²) in [6.45, 7) is 1.86. The fraction of sp³-hybridized carbons (Fsp3) is 0.176. The molecule has 0 N–H and O–H groups in total. The molecule has 2 rings (SSSR count). The molecule has 0 atom stereocenters. The largest absolute Gasteiger partial charge is 0.465 e. The molecule has 0 aliphatic rings. The molecule has 5 heteroatoms. The SMILES string of the molecule is COC(=O)c1ccc(CC(=O)c2c(C)cccc2Cl)c(Br)c1. The van der Waals surface area contributed by atoms with Gasteiger partial charge in [0, 0.05) is 16.5 Å². The fourth-order valence-corrected chi connectivity index (χ4v) is 3.03. The predicted octanol–water partition coefficient (Wildman–Crippen LogP) is 4.62. The van der Waals surface area contributed by atoms with Gasteiger partial charge in [-0.3, -0.25) is 4.79 Å². The lowest BCUT2D eigenvalue weighted by atomic mass is 9.98. The van der Waals surface area contributed by atoms with Gasteiger partial charge in [0.1, 0.15) is 0 Å². The molecule has 0 saturated heterocycles. The molecule has 0 bridgehead atoms. The van der Waals surface area contributed by atoms with Crippen molar-refractivity contribution in [2.45, 2.75) is 13.3 Å². The number of esters is 1. The van der Waals surface area contributed by atoms with Gasteiger partial charge in [-0.1, -0.05) is 45.7 Å². The maximum atomic E-state index is 12.5. The lowest BCUT2D eigenvalue weighted by molar-refractivity contribution is 0.0600. The van der Waals surface area contributed by atoms with E-state index < -0.39 is 5.97 Å². The Bertz CT molecular complexity index is 720. The number of carbonyl (C=O) groups excluding carboxylic acids is 2. The molecule has 0 heterocycles. The van der Waals surface area contributed by atoms with E-state index in [-0.39, 0.29) is 12.2 Å². The van der Waals surface area contributed by atoms with Gasteiger partial charge in [-0.25, -0.2) is 4.79 Å². The Kier molecular flexibility index (Phi) is 5.37. The highest BCUT2D eigenvalue weighted by Crippen LogP contribution is 2.25. The highest BCUT2D eigenvalue weighted by Gasteiger charge is 2.16. The zero-order valence-corrected chi connectivity index (χ0v) is 14.5. The maximum absolute atomic E-state index is 12.5. The van der Waals surface area contributed by atoms with Crippen molar-refractivity contribution in [3.05, 3.63) is 68.1 Å². The molecule has 0 aliphatic heterocycles. The summed E-state index contributed by atoms with van der Waals surface area (Å²) in [6.07, 6.45) is 0.201. The number of aryl methyl sites for hydroxylation is 1. The Hall–Kier alpha value is -1.65. The van der Waals surface area contributed by atoms with Crippen molar-refractivity contribution in [1.82, 2.24) is 0 Å². The van der Waals surface area contributed by atoms with E-state index in [1.807, 2.05) is 19.1 Å². The summed E-state index contributed by atoms with van der Waals surface area (Å²) in [5, 5.41) is 0.451. The zero-order valence-electron chi connectivity index (χ0n) is 12.2.